The summed E-state index contributed by atoms with van der Waals surface area (Å²) in [6, 6.07) is -0.329. The summed E-state index contributed by atoms with van der Waals surface area (Å²) in [5.74, 6) is 0.709. The fourth-order valence-electron chi connectivity index (χ4n) is 3.16. The minimum absolute atomic E-state index is 0.109. The SMILES string of the molecule is O=C(N[C@H](c1cccnc1)C(F)(F)F)C1C=CC(C2CC2)=C(OCC2CC2)N1. The van der Waals surface area contributed by atoms with Crippen LogP contribution in [0.4, 0.5) is 13.2 Å². The minimum atomic E-state index is -4.63. The summed E-state index contributed by atoms with van der Waals surface area (Å²) in [6.45, 7) is 0.571. The summed E-state index contributed by atoms with van der Waals surface area (Å²) < 4.78 is 46.3. The summed E-state index contributed by atoms with van der Waals surface area (Å²) >= 11 is 0. The highest BCUT2D eigenvalue weighted by Crippen LogP contribution is 2.40. The van der Waals surface area contributed by atoms with Crippen molar-refractivity contribution in [2.45, 2.75) is 43.9 Å². The second kappa shape index (κ2) is 7.48. The second-order valence-electron chi connectivity index (χ2n) is 7.56. The smallest absolute Gasteiger partial charge is 0.412 e. The van der Waals surface area contributed by atoms with Gasteiger partial charge in [-0.25, -0.2) is 0 Å². The predicted molar refractivity (Wildman–Crippen MR) is 95.7 cm³/mol. The lowest BCUT2D eigenvalue weighted by molar-refractivity contribution is -0.163. The molecule has 28 heavy (non-hydrogen) atoms. The molecule has 0 aromatic carbocycles. The average Bonchev–Trinajstić information content (AvgIpc) is 3.57. The molecule has 0 saturated heterocycles. The molecule has 2 saturated carbocycles. The first-order chi connectivity index (χ1) is 13.4. The third-order valence-electron chi connectivity index (χ3n) is 5.11. The number of nitrogens with zero attached hydrogens (tertiary/aromatic N) is 1. The van der Waals surface area contributed by atoms with E-state index in [1.165, 1.54) is 18.3 Å². The molecule has 5 nitrogen and oxygen atoms in total. The number of hydrogen-bond acceptors (Lipinski definition) is 4. The van der Waals surface area contributed by atoms with Gasteiger partial charge in [-0.3, -0.25) is 9.78 Å². The zero-order valence-electron chi connectivity index (χ0n) is 15.2. The standard InChI is InChI=1S/C20H22F3N3O2/c21-20(22,23)17(14-2-1-9-24-10-14)26-18(27)16-8-7-15(13-5-6-13)19(25-16)28-11-12-3-4-12/h1-2,7-10,12-13,16-17,25H,3-6,11H2,(H,26,27)/t16?,17-/m1/s1. The molecule has 2 N–H and O–H groups in total. The number of pyridine rings is 1. The Morgan fingerprint density at radius 3 is 2.71 bits per heavy atom. The van der Waals surface area contributed by atoms with Crippen LogP contribution in [0.1, 0.15) is 37.3 Å². The molecule has 0 bridgehead atoms. The van der Waals surface area contributed by atoms with Crippen LogP contribution in [0.25, 0.3) is 0 Å². The quantitative estimate of drug-likeness (QED) is 0.746. The van der Waals surface area contributed by atoms with E-state index in [-0.39, 0.29) is 5.56 Å². The number of aromatic nitrogens is 1. The molecule has 2 heterocycles. The lowest BCUT2D eigenvalue weighted by atomic mass is 10.0. The summed E-state index contributed by atoms with van der Waals surface area (Å²) in [7, 11) is 0. The molecule has 1 aromatic rings. The van der Waals surface area contributed by atoms with Crippen molar-refractivity contribution < 1.29 is 22.7 Å². The number of hydrogen-bond donors (Lipinski definition) is 2. The Morgan fingerprint density at radius 1 is 1.32 bits per heavy atom. The second-order valence-corrected chi connectivity index (χ2v) is 7.56. The number of alkyl halides is 3. The van der Waals surface area contributed by atoms with E-state index in [1.54, 1.807) is 6.08 Å². The van der Waals surface area contributed by atoms with Gasteiger partial charge in [-0.1, -0.05) is 18.2 Å². The van der Waals surface area contributed by atoms with Crippen LogP contribution in [-0.2, 0) is 9.53 Å². The van der Waals surface area contributed by atoms with Gasteiger partial charge in [-0.05, 0) is 43.6 Å². The number of rotatable bonds is 7. The fourth-order valence-corrected chi connectivity index (χ4v) is 3.16. The number of dihydropyridines is 1. The van der Waals surface area contributed by atoms with Gasteiger partial charge in [0.25, 0.3) is 0 Å². The van der Waals surface area contributed by atoms with Gasteiger partial charge in [0.1, 0.15) is 6.04 Å². The van der Waals surface area contributed by atoms with Crippen molar-refractivity contribution in [2.75, 3.05) is 6.61 Å². The summed E-state index contributed by atoms with van der Waals surface area (Å²) in [4.78, 5) is 16.3. The topological polar surface area (TPSA) is 63.2 Å². The van der Waals surface area contributed by atoms with Crippen molar-refractivity contribution in [3.63, 3.8) is 0 Å². The van der Waals surface area contributed by atoms with E-state index in [2.05, 4.69) is 15.6 Å². The highest BCUT2D eigenvalue weighted by Gasteiger charge is 2.43. The van der Waals surface area contributed by atoms with E-state index >= 15 is 0 Å². The number of ether oxygens (including phenoxy) is 1. The minimum Gasteiger partial charge on any atom is -0.479 e. The first kappa shape index (κ1) is 18.8. The van der Waals surface area contributed by atoms with Crippen molar-refractivity contribution in [1.29, 1.82) is 0 Å². The number of amides is 1. The highest BCUT2D eigenvalue weighted by atomic mass is 19.4. The molecule has 1 unspecified atom stereocenters. The number of allylic oxidation sites excluding steroid dienone is 2. The van der Waals surface area contributed by atoms with Crippen molar-refractivity contribution in [1.82, 2.24) is 15.6 Å². The monoisotopic (exact) mass is 393 g/mol. The maximum absolute atomic E-state index is 13.5. The van der Waals surface area contributed by atoms with Gasteiger partial charge in [0, 0.05) is 23.5 Å². The number of nitrogens with one attached hydrogen (secondary N) is 2. The first-order valence-electron chi connectivity index (χ1n) is 9.50. The van der Waals surface area contributed by atoms with Crippen LogP contribution in [0.5, 0.6) is 0 Å². The summed E-state index contributed by atoms with van der Waals surface area (Å²) in [5.41, 5.74) is 0.895. The van der Waals surface area contributed by atoms with E-state index in [9.17, 15) is 18.0 Å². The van der Waals surface area contributed by atoms with Crippen LogP contribution in [0.3, 0.4) is 0 Å². The normalized spacial score (nSPS) is 23.2. The lowest BCUT2D eigenvalue weighted by Gasteiger charge is -2.27. The van der Waals surface area contributed by atoms with Gasteiger partial charge in [-0.15, -0.1) is 0 Å². The Balaban J connectivity index is 1.46. The molecular weight excluding hydrogens is 371 g/mol. The molecule has 2 atom stereocenters. The van der Waals surface area contributed by atoms with Gasteiger partial charge in [-0.2, -0.15) is 13.2 Å². The molecule has 4 rings (SSSR count). The van der Waals surface area contributed by atoms with Crippen LogP contribution in [0.2, 0.25) is 0 Å². The lowest BCUT2D eigenvalue weighted by Crippen LogP contribution is -2.48. The Bertz CT molecular complexity index is 784. The fraction of sp³-hybridized carbons (Fsp3) is 0.500. The van der Waals surface area contributed by atoms with Crippen molar-refractivity contribution in [3.05, 3.63) is 53.7 Å². The Kier molecular flexibility index (Phi) is 5.03. The Morgan fingerprint density at radius 2 is 2.11 bits per heavy atom. The van der Waals surface area contributed by atoms with Crippen LogP contribution >= 0.6 is 0 Å². The number of halogens is 3. The molecule has 1 aromatic heterocycles. The molecule has 0 spiro atoms. The van der Waals surface area contributed by atoms with Crippen molar-refractivity contribution in [3.8, 4) is 0 Å². The number of carbonyl (C=O) groups is 1. The third kappa shape index (κ3) is 4.48. The highest BCUT2D eigenvalue weighted by molar-refractivity contribution is 5.85. The van der Waals surface area contributed by atoms with Gasteiger partial charge < -0.3 is 15.4 Å². The van der Waals surface area contributed by atoms with Gasteiger partial charge >= 0.3 is 6.18 Å². The molecular formula is C20H22F3N3O2. The summed E-state index contributed by atoms with van der Waals surface area (Å²) in [5, 5.41) is 5.10. The molecule has 2 fully saturated rings. The van der Waals surface area contributed by atoms with E-state index in [0.29, 0.717) is 24.3 Å². The van der Waals surface area contributed by atoms with E-state index in [4.69, 9.17) is 4.74 Å². The zero-order valence-corrected chi connectivity index (χ0v) is 15.2. The van der Waals surface area contributed by atoms with Crippen molar-refractivity contribution in [2.24, 2.45) is 11.8 Å². The summed E-state index contributed by atoms with van der Waals surface area (Å²) in [6.07, 6.45) is 5.66. The zero-order chi connectivity index (χ0) is 19.7. The molecule has 2 aliphatic carbocycles. The maximum atomic E-state index is 13.5. The largest absolute Gasteiger partial charge is 0.479 e. The molecule has 1 amide bonds. The van der Waals surface area contributed by atoms with Crippen LogP contribution in [0.15, 0.2) is 48.1 Å². The molecule has 3 aliphatic rings. The molecule has 150 valence electrons. The molecule has 1 aliphatic heterocycles. The third-order valence-corrected chi connectivity index (χ3v) is 5.11. The van der Waals surface area contributed by atoms with Crippen LogP contribution in [-0.4, -0.2) is 29.7 Å². The average molecular weight is 393 g/mol. The maximum Gasteiger partial charge on any atom is 0.412 e. The van der Waals surface area contributed by atoms with Gasteiger partial charge in [0.15, 0.2) is 11.9 Å². The Labute approximate surface area is 161 Å². The van der Waals surface area contributed by atoms with Gasteiger partial charge in [0.05, 0.1) is 6.61 Å². The van der Waals surface area contributed by atoms with E-state index in [0.717, 1.165) is 37.5 Å². The van der Waals surface area contributed by atoms with E-state index in [1.807, 2.05) is 6.08 Å². The van der Waals surface area contributed by atoms with Crippen LogP contribution < -0.4 is 10.6 Å². The first-order valence-corrected chi connectivity index (χ1v) is 9.50. The molecule has 0 radical (unpaired) electrons. The Hall–Kier alpha value is -2.51. The van der Waals surface area contributed by atoms with E-state index < -0.39 is 24.2 Å². The van der Waals surface area contributed by atoms with Crippen molar-refractivity contribution >= 4 is 5.91 Å². The van der Waals surface area contributed by atoms with Gasteiger partial charge in [0.2, 0.25) is 5.91 Å². The van der Waals surface area contributed by atoms with Crippen LogP contribution in [0, 0.1) is 11.8 Å². The number of carbonyl (C=O) groups excluding carboxylic acids is 1. The predicted octanol–water partition coefficient (Wildman–Crippen LogP) is 3.38. The molecule has 8 heteroatoms.